The molecule has 7 heteroatoms. The average molecular weight is 395 g/mol. The molecule has 0 aromatic carbocycles. The number of hydrogen-bond acceptors (Lipinski definition) is 6. The Balaban J connectivity index is 1.57. The van der Waals surface area contributed by atoms with Gasteiger partial charge in [-0.1, -0.05) is 0 Å². The molecule has 1 aromatic rings. The first kappa shape index (κ1) is 20.5. The molecule has 0 aliphatic carbocycles. The highest BCUT2D eigenvalue weighted by atomic mass is 32.1. The summed E-state index contributed by atoms with van der Waals surface area (Å²) in [5.41, 5.74) is 0.898. The molecule has 1 amide bonds. The van der Waals surface area contributed by atoms with Crippen molar-refractivity contribution in [3.05, 3.63) is 21.9 Å². The Morgan fingerprint density at radius 1 is 1.19 bits per heavy atom. The number of likely N-dealkylation sites (tertiary alicyclic amines) is 1. The maximum Gasteiger partial charge on any atom is 0.227 e. The molecular weight excluding hydrogens is 364 g/mol. The molecule has 3 rings (SSSR count). The van der Waals surface area contributed by atoms with Crippen molar-refractivity contribution in [3.63, 3.8) is 0 Å². The topological polar surface area (TPSA) is 70.1 Å². The van der Waals surface area contributed by atoms with Crippen molar-refractivity contribution in [3.8, 4) is 0 Å². The number of Topliss-reactive ketones (excluding diaryl/α,β-unsaturated/α-hetero) is 1. The highest BCUT2D eigenvalue weighted by Crippen LogP contribution is 2.26. The van der Waals surface area contributed by atoms with Gasteiger partial charge in [0.1, 0.15) is 0 Å². The number of nitrogens with zero attached hydrogens (tertiary/aromatic N) is 2. The second-order valence-electron chi connectivity index (χ2n) is 8.03. The Labute approximate surface area is 165 Å². The van der Waals surface area contributed by atoms with Gasteiger partial charge in [-0.15, -0.1) is 11.3 Å². The maximum absolute atomic E-state index is 12.7. The number of morpholine rings is 1. The fourth-order valence-electron chi connectivity index (χ4n) is 4.26. The standard InChI is InChI=1S/C20H30N2O4S/c1-13-6-21(7-14(2)26-13)8-17-9-22(10-18(17)11-23)20(25)5-16-4-19(15(3)24)27-12-16/h4,12-14,17-18,23H,5-11H2,1-3H3/t13-,14+,17-,18-/m1/s1. The summed E-state index contributed by atoms with van der Waals surface area (Å²) in [5, 5.41) is 11.7. The van der Waals surface area contributed by atoms with Crippen molar-refractivity contribution in [2.45, 2.75) is 39.4 Å². The monoisotopic (exact) mass is 394 g/mol. The minimum Gasteiger partial charge on any atom is -0.396 e. The zero-order valence-corrected chi connectivity index (χ0v) is 17.2. The van der Waals surface area contributed by atoms with E-state index in [2.05, 4.69) is 18.7 Å². The van der Waals surface area contributed by atoms with Gasteiger partial charge in [-0.3, -0.25) is 14.5 Å². The number of ketones is 1. The Morgan fingerprint density at radius 2 is 1.85 bits per heavy atom. The number of rotatable bonds is 6. The summed E-state index contributed by atoms with van der Waals surface area (Å²) >= 11 is 1.39. The van der Waals surface area contributed by atoms with Crippen molar-refractivity contribution in [2.75, 3.05) is 39.3 Å². The molecular formula is C20H30N2O4S. The quantitative estimate of drug-likeness (QED) is 0.744. The van der Waals surface area contributed by atoms with Gasteiger partial charge < -0.3 is 14.7 Å². The molecule has 0 bridgehead atoms. The molecule has 27 heavy (non-hydrogen) atoms. The van der Waals surface area contributed by atoms with Crippen LogP contribution in [0.3, 0.4) is 0 Å². The lowest BCUT2D eigenvalue weighted by Crippen LogP contribution is -2.48. The lowest BCUT2D eigenvalue weighted by atomic mass is 9.96. The van der Waals surface area contributed by atoms with E-state index in [1.807, 2.05) is 16.3 Å². The molecule has 3 heterocycles. The third-order valence-corrected chi connectivity index (χ3v) is 6.59. The summed E-state index contributed by atoms with van der Waals surface area (Å²) in [7, 11) is 0. The first-order chi connectivity index (χ1) is 12.9. The molecule has 2 aliphatic rings. The number of aliphatic hydroxyl groups is 1. The van der Waals surface area contributed by atoms with Crippen LogP contribution < -0.4 is 0 Å². The highest BCUT2D eigenvalue weighted by Gasteiger charge is 2.36. The van der Waals surface area contributed by atoms with Gasteiger partial charge >= 0.3 is 0 Å². The molecule has 4 atom stereocenters. The molecule has 1 N–H and O–H groups in total. The van der Waals surface area contributed by atoms with Crippen LogP contribution in [-0.2, 0) is 16.0 Å². The van der Waals surface area contributed by atoms with Gasteiger partial charge in [0.15, 0.2) is 5.78 Å². The van der Waals surface area contributed by atoms with Crippen LogP contribution in [0.25, 0.3) is 0 Å². The van der Waals surface area contributed by atoms with Crippen molar-refractivity contribution < 1.29 is 19.4 Å². The lowest BCUT2D eigenvalue weighted by molar-refractivity contribution is -0.129. The molecule has 6 nitrogen and oxygen atoms in total. The van der Waals surface area contributed by atoms with Crippen molar-refractivity contribution in [1.29, 1.82) is 0 Å². The summed E-state index contributed by atoms with van der Waals surface area (Å²) in [6.45, 7) is 9.82. The third kappa shape index (κ3) is 5.16. The Morgan fingerprint density at radius 3 is 2.44 bits per heavy atom. The molecule has 2 aliphatic heterocycles. The largest absolute Gasteiger partial charge is 0.396 e. The van der Waals surface area contributed by atoms with Crippen molar-refractivity contribution in [1.82, 2.24) is 9.80 Å². The predicted octanol–water partition coefficient (Wildman–Crippen LogP) is 1.67. The minimum atomic E-state index is 0.0363. The zero-order chi connectivity index (χ0) is 19.6. The summed E-state index contributed by atoms with van der Waals surface area (Å²) < 4.78 is 5.80. The minimum absolute atomic E-state index is 0.0363. The molecule has 1 aromatic heterocycles. The van der Waals surface area contributed by atoms with Gasteiger partial charge in [-0.25, -0.2) is 0 Å². The van der Waals surface area contributed by atoms with E-state index in [1.165, 1.54) is 11.3 Å². The summed E-state index contributed by atoms with van der Waals surface area (Å²) in [5.74, 6) is 0.520. The second kappa shape index (κ2) is 8.82. The van der Waals surface area contributed by atoms with Crippen molar-refractivity contribution in [2.24, 2.45) is 11.8 Å². The third-order valence-electron chi connectivity index (χ3n) is 5.51. The van der Waals surface area contributed by atoms with E-state index >= 15 is 0 Å². The van der Waals surface area contributed by atoms with E-state index in [4.69, 9.17) is 4.74 Å². The maximum atomic E-state index is 12.7. The van der Waals surface area contributed by atoms with E-state index in [0.29, 0.717) is 24.4 Å². The fraction of sp³-hybridized carbons (Fsp3) is 0.700. The molecule has 0 unspecified atom stereocenters. The number of amides is 1. The fourth-order valence-corrected chi connectivity index (χ4v) is 5.08. The molecule has 2 fully saturated rings. The van der Waals surface area contributed by atoms with Crippen LogP contribution in [0.1, 0.15) is 36.0 Å². The smallest absolute Gasteiger partial charge is 0.227 e. The van der Waals surface area contributed by atoms with Crippen LogP contribution in [0.15, 0.2) is 11.4 Å². The zero-order valence-electron chi connectivity index (χ0n) is 16.4. The molecule has 0 saturated carbocycles. The molecule has 0 spiro atoms. The predicted molar refractivity (Wildman–Crippen MR) is 105 cm³/mol. The van der Waals surface area contributed by atoms with Gasteiger partial charge in [0.05, 0.1) is 23.5 Å². The van der Waals surface area contributed by atoms with Gasteiger partial charge in [0.2, 0.25) is 5.91 Å². The number of hydrogen-bond donors (Lipinski definition) is 1. The van der Waals surface area contributed by atoms with Crippen LogP contribution in [0.2, 0.25) is 0 Å². The van der Waals surface area contributed by atoms with Gasteiger partial charge in [-0.05, 0) is 43.7 Å². The van der Waals surface area contributed by atoms with E-state index in [-0.39, 0.29) is 42.3 Å². The lowest BCUT2D eigenvalue weighted by Gasteiger charge is -2.37. The normalized spacial score (nSPS) is 29.3. The first-order valence-electron chi connectivity index (χ1n) is 9.70. The van der Waals surface area contributed by atoms with E-state index in [1.54, 1.807) is 6.92 Å². The van der Waals surface area contributed by atoms with Gasteiger partial charge in [0, 0.05) is 45.2 Å². The van der Waals surface area contributed by atoms with Crippen LogP contribution in [0.5, 0.6) is 0 Å². The van der Waals surface area contributed by atoms with E-state index in [0.717, 1.165) is 25.2 Å². The molecule has 150 valence electrons. The summed E-state index contributed by atoms with van der Waals surface area (Å²) in [6, 6.07) is 1.82. The average Bonchev–Trinajstić information content (AvgIpc) is 3.21. The van der Waals surface area contributed by atoms with Crippen LogP contribution in [0.4, 0.5) is 0 Å². The van der Waals surface area contributed by atoms with Crippen LogP contribution in [-0.4, -0.2) is 78.1 Å². The second-order valence-corrected chi connectivity index (χ2v) is 8.94. The number of carbonyl (C=O) groups is 2. The van der Waals surface area contributed by atoms with Crippen LogP contribution in [0, 0.1) is 11.8 Å². The Kier molecular flexibility index (Phi) is 6.68. The summed E-state index contributed by atoms with van der Waals surface area (Å²) in [6.07, 6.45) is 0.754. The number of aliphatic hydroxyl groups excluding tert-OH is 1. The SMILES string of the molecule is CC(=O)c1cc(CC(=O)N2C[C@@H](CN3C[C@@H](C)O[C@@H](C)C3)[C@@H](CO)C2)cs1. The number of thiophene rings is 1. The first-order valence-corrected chi connectivity index (χ1v) is 10.6. The highest BCUT2D eigenvalue weighted by molar-refractivity contribution is 7.12. The number of ether oxygens (including phenoxy) is 1. The van der Waals surface area contributed by atoms with Crippen molar-refractivity contribution >= 4 is 23.0 Å². The van der Waals surface area contributed by atoms with E-state index in [9.17, 15) is 14.7 Å². The van der Waals surface area contributed by atoms with Gasteiger partial charge in [0.25, 0.3) is 0 Å². The Hall–Kier alpha value is -1.28. The Bertz CT molecular complexity index is 667. The number of carbonyl (C=O) groups excluding carboxylic acids is 2. The van der Waals surface area contributed by atoms with Crippen LogP contribution >= 0.6 is 11.3 Å². The molecule has 0 radical (unpaired) electrons. The van der Waals surface area contributed by atoms with E-state index < -0.39 is 0 Å². The van der Waals surface area contributed by atoms with Gasteiger partial charge in [-0.2, -0.15) is 0 Å². The molecule has 2 saturated heterocycles. The summed E-state index contributed by atoms with van der Waals surface area (Å²) in [4.78, 5) is 29.1.